The second-order valence-electron chi connectivity index (χ2n) is 5.27. The van der Waals surface area contributed by atoms with Gasteiger partial charge in [-0.25, -0.2) is 4.79 Å². The highest BCUT2D eigenvalue weighted by atomic mass is 32.1. The fourth-order valence-electron chi connectivity index (χ4n) is 2.19. The van der Waals surface area contributed by atoms with Crippen molar-refractivity contribution in [3.8, 4) is 11.8 Å². The third-order valence-electron chi connectivity index (χ3n) is 3.39. The molecule has 0 unspecified atom stereocenters. The zero-order valence-corrected chi connectivity index (χ0v) is 14.2. The number of carbonyl (C=O) groups excluding carboxylic acids is 1. The Morgan fingerprint density at radius 2 is 2.04 bits per heavy atom. The summed E-state index contributed by atoms with van der Waals surface area (Å²) < 4.78 is 6.00. The number of alkyl carbamates (subject to hydrolysis) is 1. The van der Waals surface area contributed by atoms with Gasteiger partial charge < -0.3 is 15.0 Å². The smallest absolute Gasteiger partial charge is 0.407 e. The van der Waals surface area contributed by atoms with E-state index in [0.29, 0.717) is 13.0 Å². The van der Waals surface area contributed by atoms with E-state index in [1.165, 1.54) is 11.3 Å². The topological polar surface area (TPSA) is 71.2 Å². The van der Waals surface area contributed by atoms with Crippen LogP contribution >= 0.6 is 11.3 Å². The Bertz CT molecular complexity index is 980. The van der Waals surface area contributed by atoms with Crippen molar-refractivity contribution in [2.45, 2.75) is 13.0 Å². The largest absolute Gasteiger partial charge is 0.445 e. The highest BCUT2D eigenvalue weighted by Crippen LogP contribution is 2.15. The van der Waals surface area contributed by atoms with E-state index in [4.69, 9.17) is 4.74 Å². The Kier molecular flexibility index (Phi) is 5.50. The van der Waals surface area contributed by atoms with Gasteiger partial charge in [0.05, 0.1) is 10.2 Å². The van der Waals surface area contributed by atoms with Crippen molar-refractivity contribution in [1.82, 2.24) is 10.3 Å². The Labute approximate surface area is 148 Å². The maximum atomic E-state index is 11.6. The number of hydrogen-bond acceptors (Lipinski definition) is 4. The average Bonchev–Trinajstić information content (AvgIpc) is 3.00. The molecule has 0 fully saturated rings. The van der Waals surface area contributed by atoms with Crippen molar-refractivity contribution in [2.24, 2.45) is 0 Å². The highest BCUT2D eigenvalue weighted by molar-refractivity contribution is 7.16. The molecule has 5 nitrogen and oxygen atoms in total. The number of amides is 1. The Hall–Kier alpha value is -3.04. The third kappa shape index (κ3) is 4.96. The number of benzene rings is 2. The molecule has 0 bridgehead atoms. The summed E-state index contributed by atoms with van der Waals surface area (Å²) in [5.41, 5.74) is 2.61. The first-order chi connectivity index (χ1) is 12.2. The quantitative estimate of drug-likeness (QED) is 0.559. The van der Waals surface area contributed by atoms with Crippen LogP contribution in [0.5, 0.6) is 0 Å². The van der Waals surface area contributed by atoms with Crippen LogP contribution in [0.15, 0.2) is 53.3 Å². The molecule has 0 aliphatic rings. The van der Waals surface area contributed by atoms with Gasteiger partial charge in [-0.2, -0.15) is 0 Å². The summed E-state index contributed by atoms with van der Waals surface area (Å²) >= 11 is 1.17. The van der Waals surface area contributed by atoms with Crippen LogP contribution in [0.1, 0.15) is 17.5 Å². The molecular formula is C19H16N2O3S. The molecule has 2 aromatic carbocycles. The van der Waals surface area contributed by atoms with E-state index in [1.807, 2.05) is 48.5 Å². The monoisotopic (exact) mass is 352 g/mol. The third-order valence-corrected chi connectivity index (χ3v) is 4.23. The molecule has 0 aliphatic heterocycles. The lowest BCUT2D eigenvalue weighted by Crippen LogP contribution is -2.24. The lowest BCUT2D eigenvalue weighted by Gasteiger charge is -2.05. The Balaban J connectivity index is 1.42. The first-order valence-electron chi connectivity index (χ1n) is 7.77. The van der Waals surface area contributed by atoms with E-state index in [2.05, 4.69) is 22.1 Å². The summed E-state index contributed by atoms with van der Waals surface area (Å²) in [6.07, 6.45) is 0.0612. The SMILES string of the molecule is O=C(NCCC#Cc1ccc2[nH]c(=O)sc2c1)OCc1ccccc1. The van der Waals surface area contributed by atoms with Gasteiger partial charge in [-0.1, -0.05) is 53.5 Å². The van der Waals surface area contributed by atoms with Gasteiger partial charge in [0.1, 0.15) is 6.61 Å². The van der Waals surface area contributed by atoms with Crippen molar-refractivity contribution in [3.05, 3.63) is 69.3 Å². The molecule has 0 aliphatic carbocycles. The molecule has 0 saturated carbocycles. The minimum atomic E-state index is -0.454. The normalized spacial score (nSPS) is 10.1. The van der Waals surface area contributed by atoms with Gasteiger partial charge in [-0.3, -0.25) is 4.79 Å². The molecular weight excluding hydrogens is 336 g/mol. The van der Waals surface area contributed by atoms with Crippen LogP contribution in [0.3, 0.4) is 0 Å². The Morgan fingerprint density at radius 3 is 2.88 bits per heavy atom. The van der Waals surface area contributed by atoms with Gasteiger partial charge in [0.2, 0.25) is 0 Å². The number of nitrogens with one attached hydrogen (secondary N) is 2. The summed E-state index contributed by atoms with van der Waals surface area (Å²) in [6, 6.07) is 15.1. The van der Waals surface area contributed by atoms with Crippen molar-refractivity contribution < 1.29 is 9.53 Å². The maximum absolute atomic E-state index is 11.6. The van der Waals surface area contributed by atoms with Crippen LogP contribution in [0.25, 0.3) is 10.2 Å². The van der Waals surface area contributed by atoms with Crippen LogP contribution in [0, 0.1) is 11.8 Å². The van der Waals surface area contributed by atoms with Gasteiger partial charge in [-0.05, 0) is 23.8 Å². The number of fused-ring (bicyclic) bond motifs is 1. The summed E-state index contributed by atoms with van der Waals surface area (Å²) in [4.78, 5) is 25.5. The first kappa shape index (κ1) is 16.8. The van der Waals surface area contributed by atoms with Crippen molar-refractivity contribution in [1.29, 1.82) is 0 Å². The van der Waals surface area contributed by atoms with Crippen LogP contribution in [0.2, 0.25) is 0 Å². The van der Waals surface area contributed by atoms with E-state index in [-0.39, 0.29) is 11.5 Å². The van der Waals surface area contributed by atoms with E-state index in [1.54, 1.807) is 0 Å². The van der Waals surface area contributed by atoms with Crippen LogP contribution in [-0.4, -0.2) is 17.6 Å². The van der Waals surface area contributed by atoms with Crippen molar-refractivity contribution in [2.75, 3.05) is 6.54 Å². The van der Waals surface area contributed by atoms with E-state index < -0.39 is 6.09 Å². The van der Waals surface area contributed by atoms with E-state index in [9.17, 15) is 9.59 Å². The zero-order valence-electron chi connectivity index (χ0n) is 13.4. The number of hydrogen-bond donors (Lipinski definition) is 2. The lowest BCUT2D eigenvalue weighted by molar-refractivity contribution is 0.140. The summed E-state index contributed by atoms with van der Waals surface area (Å²) in [5.74, 6) is 6.02. The van der Waals surface area contributed by atoms with Crippen LogP contribution < -0.4 is 10.2 Å². The highest BCUT2D eigenvalue weighted by Gasteiger charge is 2.01. The molecule has 1 heterocycles. The number of H-pyrrole nitrogens is 1. The lowest BCUT2D eigenvalue weighted by atomic mass is 10.2. The zero-order chi connectivity index (χ0) is 17.5. The predicted octanol–water partition coefficient (Wildman–Crippen LogP) is 3.26. The minimum Gasteiger partial charge on any atom is -0.445 e. The molecule has 1 amide bonds. The number of thiazole rings is 1. The molecule has 0 saturated heterocycles. The molecule has 0 spiro atoms. The molecule has 0 radical (unpaired) electrons. The molecule has 3 rings (SSSR count). The number of ether oxygens (including phenoxy) is 1. The average molecular weight is 352 g/mol. The van der Waals surface area contributed by atoms with E-state index >= 15 is 0 Å². The fraction of sp³-hybridized carbons (Fsp3) is 0.158. The fourth-order valence-corrected chi connectivity index (χ4v) is 2.96. The second-order valence-corrected chi connectivity index (χ2v) is 6.28. The predicted molar refractivity (Wildman–Crippen MR) is 98.6 cm³/mol. The van der Waals surface area contributed by atoms with Gasteiger partial charge in [0, 0.05) is 18.5 Å². The van der Waals surface area contributed by atoms with Crippen LogP contribution in [-0.2, 0) is 11.3 Å². The Morgan fingerprint density at radius 1 is 1.20 bits per heavy atom. The molecule has 2 N–H and O–H groups in total. The number of carbonyl (C=O) groups is 1. The van der Waals surface area contributed by atoms with Gasteiger partial charge in [0.25, 0.3) is 0 Å². The van der Waals surface area contributed by atoms with Crippen molar-refractivity contribution >= 4 is 27.6 Å². The number of aromatic amines is 1. The summed E-state index contributed by atoms with van der Waals surface area (Å²) in [7, 11) is 0. The molecule has 6 heteroatoms. The summed E-state index contributed by atoms with van der Waals surface area (Å²) in [5, 5.41) is 2.66. The number of rotatable bonds is 4. The van der Waals surface area contributed by atoms with Gasteiger partial charge >= 0.3 is 11.0 Å². The van der Waals surface area contributed by atoms with Gasteiger partial charge in [0.15, 0.2) is 0 Å². The molecule has 1 aromatic heterocycles. The van der Waals surface area contributed by atoms with Crippen LogP contribution in [0.4, 0.5) is 4.79 Å². The molecule has 25 heavy (non-hydrogen) atoms. The molecule has 126 valence electrons. The summed E-state index contributed by atoms with van der Waals surface area (Å²) in [6.45, 7) is 0.665. The second kappa shape index (κ2) is 8.18. The first-order valence-corrected chi connectivity index (χ1v) is 8.59. The van der Waals surface area contributed by atoms with Gasteiger partial charge in [-0.15, -0.1) is 0 Å². The molecule has 3 aromatic rings. The van der Waals surface area contributed by atoms with E-state index in [0.717, 1.165) is 21.3 Å². The number of aromatic nitrogens is 1. The standard InChI is InChI=1S/C19H16N2O3S/c22-18(24-13-15-7-2-1-3-8-15)20-11-5-4-6-14-9-10-16-17(12-14)25-19(23)21-16/h1-3,7-10,12H,5,11,13H2,(H,20,22)(H,21,23). The van der Waals surface area contributed by atoms with Crippen molar-refractivity contribution in [3.63, 3.8) is 0 Å². The minimum absolute atomic E-state index is 0.0710. The molecule has 0 atom stereocenters. The maximum Gasteiger partial charge on any atom is 0.407 e.